The van der Waals surface area contributed by atoms with Crippen molar-refractivity contribution in [3.63, 3.8) is 0 Å². The van der Waals surface area contributed by atoms with Crippen molar-refractivity contribution < 1.29 is 24.2 Å². The molecule has 0 radical (unpaired) electrons. The molecule has 37 heavy (non-hydrogen) atoms. The molecule has 2 fully saturated rings. The van der Waals surface area contributed by atoms with E-state index in [0.717, 1.165) is 31.2 Å². The Morgan fingerprint density at radius 3 is 2.46 bits per heavy atom. The number of morpholine rings is 1. The molecule has 2 amide bonds. The number of nitrogens with zero attached hydrogens (tertiary/aromatic N) is 1. The Hall–Kier alpha value is -2.94. The molecule has 198 valence electrons. The van der Waals surface area contributed by atoms with Crippen LogP contribution in [0, 0.1) is 0 Å². The van der Waals surface area contributed by atoms with Crippen LogP contribution in [-0.4, -0.2) is 79.0 Å². The van der Waals surface area contributed by atoms with Crippen LogP contribution >= 0.6 is 0 Å². The first kappa shape index (κ1) is 25.7. The first-order valence-corrected chi connectivity index (χ1v) is 13.4. The molecule has 5 rings (SSSR count). The molecule has 2 saturated heterocycles. The van der Waals surface area contributed by atoms with Gasteiger partial charge >= 0.3 is 0 Å². The van der Waals surface area contributed by atoms with E-state index in [1.807, 2.05) is 17.9 Å². The van der Waals surface area contributed by atoms with Crippen LogP contribution in [0.1, 0.15) is 46.8 Å². The summed E-state index contributed by atoms with van der Waals surface area (Å²) in [4.78, 5) is 27.9. The smallest absolute Gasteiger partial charge is 0.255 e. The lowest BCUT2D eigenvalue weighted by Crippen LogP contribution is -2.49. The quantitative estimate of drug-likeness (QED) is 0.454. The minimum absolute atomic E-state index is 0.0939. The lowest BCUT2D eigenvalue weighted by atomic mass is 10.1. The molecule has 2 aliphatic heterocycles. The maximum Gasteiger partial charge on any atom is 0.255 e. The van der Waals surface area contributed by atoms with Crippen LogP contribution < -0.4 is 15.4 Å². The molecule has 0 spiro atoms. The summed E-state index contributed by atoms with van der Waals surface area (Å²) < 4.78 is 11.3. The molecule has 1 aliphatic carbocycles. The van der Waals surface area contributed by atoms with Gasteiger partial charge in [0.1, 0.15) is 5.75 Å². The van der Waals surface area contributed by atoms with E-state index in [9.17, 15) is 14.7 Å². The summed E-state index contributed by atoms with van der Waals surface area (Å²) in [5.74, 6) is 0.239. The summed E-state index contributed by atoms with van der Waals surface area (Å²) in [6.07, 6.45) is 3.46. The van der Waals surface area contributed by atoms with Gasteiger partial charge in [0.25, 0.3) is 5.91 Å². The zero-order chi connectivity index (χ0) is 25.8. The van der Waals surface area contributed by atoms with Gasteiger partial charge in [-0.05, 0) is 61.4 Å². The highest BCUT2D eigenvalue weighted by Crippen LogP contribution is 2.30. The number of rotatable bonds is 10. The number of ether oxygens (including phenoxy) is 2. The minimum Gasteiger partial charge on any atom is -0.493 e. The van der Waals surface area contributed by atoms with Crippen molar-refractivity contribution in [2.45, 2.75) is 63.3 Å². The number of hydrogen-bond donors (Lipinski definition) is 3. The third-order valence-corrected chi connectivity index (χ3v) is 7.67. The van der Waals surface area contributed by atoms with Gasteiger partial charge in [-0.15, -0.1) is 0 Å². The number of aliphatic hydroxyl groups excluding tert-OH is 1. The maximum atomic E-state index is 13.0. The second-order valence-corrected chi connectivity index (χ2v) is 10.3. The maximum absolute atomic E-state index is 13.0. The Morgan fingerprint density at radius 1 is 1.08 bits per heavy atom. The average Bonchev–Trinajstić information content (AvgIpc) is 3.43. The van der Waals surface area contributed by atoms with Gasteiger partial charge in [-0.1, -0.05) is 30.3 Å². The van der Waals surface area contributed by atoms with E-state index in [2.05, 4.69) is 34.9 Å². The van der Waals surface area contributed by atoms with Gasteiger partial charge in [0.15, 0.2) is 0 Å². The van der Waals surface area contributed by atoms with E-state index in [1.165, 1.54) is 11.1 Å². The lowest BCUT2D eigenvalue weighted by Gasteiger charge is -2.34. The SMILES string of the molecule is CCOc1cc(CC(=O)N2C3CCC2COC3)ccc1C(=O)NC[C@@H](O)CNC1Cc2ccccc2C1. The highest BCUT2D eigenvalue weighted by molar-refractivity contribution is 5.97. The topological polar surface area (TPSA) is 100 Å². The van der Waals surface area contributed by atoms with Gasteiger partial charge in [-0.2, -0.15) is 0 Å². The third kappa shape index (κ3) is 5.98. The van der Waals surface area contributed by atoms with Crippen molar-refractivity contribution in [1.82, 2.24) is 15.5 Å². The summed E-state index contributed by atoms with van der Waals surface area (Å²) in [5, 5.41) is 16.7. The van der Waals surface area contributed by atoms with Crippen LogP contribution in [0.5, 0.6) is 5.75 Å². The molecular formula is C29H37N3O5. The van der Waals surface area contributed by atoms with Crippen molar-refractivity contribution in [2.24, 2.45) is 0 Å². The molecular weight excluding hydrogens is 470 g/mol. The van der Waals surface area contributed by atoms with Gasteiger partial charge in [0.05, 0.1) is 50.0 Å². The Bertz CT molecular complexity index is 1080. The van der Waals surface area contributed by atoms with Gasteiger partial charge < -0.3 is 30.1 Å². The molecule has 8 nitrogen and oxygen atoms in total. The van der Waals surface area contributed by atoms with Crippen molar-refractivity contribution in [2.75, 3.05) is 32.9 Å². The Kier molecular flexibility index (Phi) is 8.08. The van der Waals surface area contributed by atoms with Crippen LogP contribution in [-0.2, 0) is 28.8 Å². The second-order valence-electron chi connectivity index (χ2n) is 10.3. The molecule has 0 saturated carbocycles. The zero-order valence-electron chi connectivity index (χ0n) is 21.4. The van der Waals surface area contributed by atoms with Crippen LogP contribution in [0.3, 0.4) is 0 Å². The highest BCUT2D eigenvalue weighted by Gasteiger charge is 2.40. The first-order chi connectivity index (χ1) is 18.0. The van der Waals surface area contributed by atoms with E-state index in [4.69, 9.17) is 9.47 Å². The number of aliphatic hydroxyl groups is 1. The number of amides is 2. The number of hydrogen-bond acceptors (Lipinski definition) is 6. The number of nitrogens with one attached hydrogen (secondary N) is 2. The summed E-state index contributed by atoms with van der Waals surface area (Å²) in [6, 6.07) is 14.4. The molecule has 2 aromatic carbocycles. The van der Waals surface area contributed by atoms with Gasteiger partial charge in [0.2, 0.25) is 5.91 Å². The summed E-state index contributed by atoms with van der Waals surface area (Å²) in [5.41, 5.74) is 3.93. The van der Waals surface area contributed by atoms with Gasteiger partial charge in [0, 0.05) is 19.1 Å². The fourth-order valence-electron chi connectivity index (χ4n) is 5.82. The molecule has 2 bridgehead atoms. The molecule has 2 unspecified atom stereocenters. The van der Waals surface area contributed by atoms with Crippen molar-refractivity contribution >= 4 is 11.8 Å². The molecule has 2 aromatic rings. The summed E-state index contributed by atoms with van der Waals surface area (Å²) >= 11 is 0. The monoisotopic (exact) mass is 507 g/mol. The highest BCUT2D eigenvalue weighted by atomic mass is 16.5. The van der Waals surface area contributed by atoms with Gasteiger partial charge in [-0.3, -0.25) is 9.59 Å². The van der Waals surface area contributed by atoms with Crippen LogP contribution in [0.15, 0.2) is 42.5 Å². The van der Waals surface area contributed by atoms with E-state index in [1.54, 1.807) is 12.1 Å². The summed E-state index contributed by atoms with van der Waals surface area (Å²) in [6.45, 7) is 4.03. The predicted octanol–water partition coefficient (Wildman–Crippen LogP) is 1.87. The molecule has 3 N–H and O–H groups in total. The molecule has 3 atom stereocenters. The standard InChI is InChI=1S/C29H37N3O5/c1-2-37-27-11-19(12-28(34)32-23-8-9-24(32)18-36-17-23)7-10-26(27)29(35)31-16-25(33)15-30-22-13-20-5-3-4-6-21(20)14-22/h3-7,10-11,22-25,30,33H,2,8-9,12-18H2,1H3,(H,31,35)/t23?,24?,25-/m0/s1. The number of carbonyl (C=O) groups excluding carboxylic acids is 2. The van der Waals surface area contributed by atoms with Crippen LogP contribution in [0.2, 0.25) is 0 Å². The van der Waals surface area contributed by atoms with E-state index in [0.29, 0.717) is 43.7 Å². The number of benzene rings is 2. The van der Waals surface area contributed by atoms with E-state index >= 15 is 0 Å². The fraction of sp³-hybridized carbons (Fsp3) is 0.517. The van der Waals surface area contributed by atoms with Crippen LogP contribution in [0.4, 0.5) is 0 Å². The largest absolute Gasteiger partial charge is 0.493 e. The Morgan fingerprint density at radius 2 is 1.78 bits per heavy atom. The van der Waals surface area contributed by atoms with E-state index in [-0.39, 0.29) is 36.9 Å². The molecule has 0 aromatic heterocycles. The van der Waals surface area contributed by atoms with Crippen molar-refractivity contribution in [3.05, 3.63) is 64.7 Å². The fourth-order valence-corrected chi connectivity index (χ4v) is 5.82. The molecule has 2 heterocycles. The normalized spacial score (nSPS) is 21.5. The average molecular weight is 508 g/mol. The molecule has 8 heteroatoms. The first-order valence-electron chi connectivity index (χ1n) is 13.4. The lowest BCUT2D eigenvalue weighted by molar-refractivity contribution is -0.140. The van der Waals surface area contributed by atoms with Crippen molar-refractivity contribution in [1.29, 1.82) is 0 Å². The Labute approximate surface area is 218 Å². The number of fused-ring (bicyclic) bond motifs is 3. The summed E-state index contributed by atoms with van der Waals surface area (Å²) in [7, 11) is 0. The predicted molar refractivity (Wildman–Crippen MR) is 140 cm³/mol. The number of carbonyl (C=O) groups is 2. The zero-order valence-corrected chi connectivity index (χ0v) is 21.4. The molecule has 3 aliphatic rings. The Balaban J connectivity index is 1.13. The van der Waals surface area contributed by atoms with E-state index < -0.39 is 6.10 Å². The third-order valence-electron chi connectivity index (χ3n) is 7.67. The van der Waals surface area contributed by atoms with Crippen molar-refractivity contribution in [3.8, 4) is 5.75 Å². The van der Waals surface area contributed by atoms with Gasteiger partial charge in [-0.25, -0.2) is 0 Å². The van der Waals surface area contributed by atoms with Crippen LogP contribution in [0.25, 0.3) is 0 Å². The minimum atomic E-state index is -0.705. The second kappa shape index (κ2) is 11.6.